The predicted octanol–water partition coefficient (Wildman–Crippen LogP) is 8.81. The van der Waals surface area contributed by atoms with Gasteiger partial charge in [0.1, 0.15) is 11.5 Å². The molecule has 8 aromatic rings. The van der Waals surface area contributed by atoms with E-state index in [1.54, 1.807) is 0 Å². The molecule has 9 rings (SSSR count). The molecule has 4 nitrogen and oxygen atoms in total. The van der Waals surface area contributed by atoms with Crippen LogP contribution in [0.3, 0.4) is 0 Å². The molecule has 0 N–H and O–H groups in total. The van der Waals surface area contributed by atoms with Gasteiger partial charge in [0.2, 0.25) is 5.95 Å². The highest BCUT2D eigenvalue weighted by Gasteiger charge is 2.25. The zero-order chi connectivity index (χ0) is 24.8. The van der Waals surface area contributed by atoms with Gasteiger partial charge in [0, 0.05) is 16.3 Å². The summed E-state index contributed by atoms with van der Waals surface area (Å²) in [5, 5.41) is 8.30. The van der Waals surface area contributed by atoms with Crippen molar-refractivity contribution >= 4 is 54.3 Å². The molecule has 4 heteroatoms. The second-order valence-corrected chi connectivity index (χ2v) is 9.82. The third kappa shape index (κ3) is 2.53. The molecule has 1 aliphatic rings. The predicted molar refractivity (Wildman–Crippen MR) is 154 cm³/mol. The Morgan fingerprint density at radius 3 is 1.87 bits per heavy atom. The number of para-hydroxylation sites is 1. The van der Waals surface area contributed by atoms with E-state index in [4.69, 9.17) is 14.7 Å². The summed E-state index contributed by atoms with van der Waals surface area (Å²) in [5.74, 6) is 2.27. The Hall–Kier alpha value is -5.22. The molecule has 6 aromatic carbocycles. The molecule has 0 bridgehead atoms. The van der Waals surface area contributed by atoms with Crippen molar-refractivity contribution in [3.05, 3.63) is 115 Å². The first-order valence-electron chi connectivity index (χ1n) is 12.8. The molecule has 1 aliphatic heterocycles. The lowest BCUT2D eigenvalue weighted by Gasteiger charge is -2.21. The summed E-state index contributed by atoms with van der Waals surface area (Å²) < 4.78 is 8.46. The average molecular weight is 486 g/mol. The lowest BCUT2D eigenvalue weighted by Crippen LogP contribution is -2.06. The standard InChI is InChI=1S/C34H19N3O/c1-3-10-22-20(8-1)16-18-26-30(22)31-23-11-4-2-9-21(23)17-19-27(31)37(26)34-35-25-13-7-15-29-32(25)33(36-34)24-12-5-6-14-28(24)38-29/h1-19H. The van der Waals surface area contributed by atoms with E-state index in [0.717, 1.165) is 44.7 Å². The van der Waals surface area contributed by atoms with Gasteiger partial charge in [-0.05, 0) is 57.9 Å². The maximum Gasteiger partial charge on any atom is 0.235 e. The number of benzene rings is 6. The first-order chi connectivity index (χ1) is 18.8. The Kier molecular flexibility index (Phi) is 3.76. The maximum atomic E-state index is 6.23. The zero-order valence-corrected chi connectivity index (χ0v) is 20.2. The second-order valence-electron chi connectivity index (χ2n) is 9.82. The van der Waals surface area contributed by atoms with Crippen LogP contribution in [0.15, 0.2) is 115 Å². The molecule has 2 aromatic heterocycles. The van der Waals surface area contributed by atoms with Crippen LogP contribution in [0.1, 0.15) is 0 Å². The molecular weight excluding hydrogens is 466 g/mol. The van der Waals surface area contributed by atoms with E-state index in [-0.39, 0.29) is 0 Å². The van der Waals surface area contributed by atoms with E-state index >= 15 is 0 Å². The summed E-state index contributed by atoms with van der Waals surface area (Å²) in [6.45, 7) is 0. The summed E-state index contributed by atoms with van der Waals surface area (Å²) in [5.41, 5.74) is 4.94. The molecule has 0 amide bonds. The molecule has 38 heavy (non-hydrogen) atoms. The summed E-state index contributed by atoms with van der Waals surface area (Å²) >= 11 is 0. The lowest BCUT2D eigenvalue weighted by atomic mass is 10.00. The van der Waals surface area contributed by atoms with E-state index < -0.39 is 0 Å². The number of hydrogen-bond acceptors (Lipinski definition) is 3. The number of ether oxygens (including phenoxy) is 1. The molecule has 176 valence electrons. The van der Waals surface area contributed by atoms with Crippen LogP contribution >= 0.6 is 0 Å². The number of aromatic nitrogens is 3. The van der Waals surface area contributed by atoms with Crippen molar-refractivity contribution in [2.45, 2.75) is 0 Å². The first kappa shape index (κ1) is 19.9. The smallest absolute Gasteiger partial charge is 0.235 e. The number of hydrogen-bond donors (Lipinski definition) is 0. The molecule has 0 spiro atoms. The molecule has 0 atom stereocenters. The molecule has 0 unspecified atom stereocenters. The van der Waals surface area contributed by atoms with E-state index in [1.807, 2.05) is 36.4 Å². The number of rotatable bonds is 1. The molecule has 0 aliphatic carbocycles. The van der Waals surface area contributed by atoms with Crippen LogP contribution in [0.4, 0.5) is 0 Å². The highest BCUT2D eigenvalue weighted by atomic mass is 16.5. The normalized spacial score (nSPS) is 12.4. The molecule has 0 radical (unpaired) electrons. The molecule has 3 heterocycles. The monoisotopic (exact) mass is 485 g/mol. The van der Waals surface area contributed by atoms with Gasteiger partial charge in [-0.3, -0.25) is 4.57 Å². The minimum Gasteiger partial charge on any atom is -0.456 e. The van der Waals surface area contributed by atoms with Gasteiger partial charge in [0.25, 0.3) is 0 Å². The van der Waals surface area contributed by atoms with Gasteiger partial charge < -0.3 is 4.74 Å². The minimum absolute atomic E-state index is 0.659. The highest BCUT2D eigenvalue weighted by molar-refractivity contribution is 6.28. The minimum atomic E-state index is 0.659. The summed E-state index contributed by atoms with van der Waals surface area (Å²) in [7, 11) is 0. The Morgan fingerprint density at radius 2 is 1.13 bits per heavy atom. The quantitative estimate of drug-likeness (QED) is 0.233. The van der Waals surface area contributed by atoms with Crippen molar-refractivity contribution in [1.82, 2.24) is 14.5 Å². The summed E-state index contributed by atoms with van der Waals surface area (Å²) in [4.78, 5) is 10.4. The average Bonchev–Trinajstić information content (AvgIpc) is 3.32. The highest BCUT2D eigenvalue weighted by Crippen LogP contribution is 2.46. The molecular formula is C34H19N3O. The van der Waals surface area contributed by atoms with E-state index in [1.165, 1.54) is 32.3 Å². The summed E-state index contributed by atoms with van der Waals surface area (Å²) in [6.07, 6.45) is 0. The van der Waals surface area contributed by atoms with E-state index in [9.17, 15) is 0 Å². The fourth-order valence-electron chi connectivity index (χ4n) is 6.15. The largest absolute Gasteiger partial charge is 0.456 e. The lowest BCUT2D eigenvalue weighted by molar-refractivity contribution is 0.486. The van der Waals surface area contributed by atoms with Crippen LogP contribution in [-0.2, 0) is 0 Å². The van der Waals surface area contributed by atoms with Crippen LogP contribution in [-0.4, -0.2) is 14.5 Å². The molecule has 0 saturated heterocycles. The van der Waals surface area contributed by atoms with Gasteiger partial charge in [-0.15, -0.1) is 0 Å². The van der Waals surface area contributed by atoms with E-state index in [2.05, 4.69) is 83.4 Å². The van der Waals surface area contributed by atoms with Crippen molar-refractivity contribution in [2.24, 2.45) is 0 Å². The third-order valence-electron chi connectivity index (χ3n) is 7.78. The van der Waals surface area contributed by atoms with Crippen molar-refractivity contribution in [2.75, 3.05) is 0 Å². The van der Waals surface area contributed by atoms with Crippen LogP contribution in [0, 0.1) is 0 Å². The van der Waals surface area contributed by atoms with Crippen molar-refractivity contribution < 1.29 is 4.74 Å². The van der Waals surface area contributed by atoms with Crippen LogP contribution in [0.5, 0.6) is 11.5 Å². The van der Waals surface area contributed by atoms with Crippen LogP contribution < -0.4 is 4.74 Å². The van der Waals surface area contributed by atoms with Gasteiger partial charge in [-0.2, -0.15) is 0 Å². The maximum absolute atomic E-state index is 6.23. The van der Waals surface area contributed by atoms with Gasteiger partial charge in [-0.25, -0.2) is 9.97 Å². The molecule has 0 saturated carbocycles. The molecule has 0 fully saturated rings. The third-order valence-corrected chi connectivity index (χ3v) is 7.78. The van der Waals surface area contributed by atoms with Gasteiger partial charge in [0.15, 0.2) is 0 Å². The number of fused-ring (bicyclic) bond motifs is 9. The van der Waals surface area contributed by atoms with Crippen molar-refractivity contribution in [3.8, 4) is 28.7 Å². The van der Waals surface area contributed by atoms with Gasteiger partial charge >= 0.3 is 0 Å². The van der Waals surface area contributed by atoms with Crippen molar-refractivity contribution in [3.63, 3.8) is 0 Å². The fourth-order valence-corrected chi connectivity index (χ4v) is 6.15. The topological polar surface area (TPSA) is 39.9 Å². The van der Waals surface area contributed by atoms with E-state index in [0.29, 0.717) is 5.95 Å². The van der Waals surface area contributed by atoms with Gasteiger partial charge in [0.05, 0.1) is 27.6 Å². The zero-order valence-electron chi connectivity index (χ0n) is 20.2. The summed E-state index contributed by atoms with van der Waals surface area (Å²) in [6, 6.07) is 40.2. The Bertz CT molecular complexity index is 2190. The van der Waals surface area contributed by atoms with Crippen molar-refractivity contribution in [1.29, 1.82) is 0 Å². The Morgan fingerprint density at radius 1 is 0.500 bits per heavy atom. The second kappa shape index (κ2) is 7.17. The van der Waals surface area contributed by atoms with Gasteiger partial charge in [-0.1, -0.05) is 78.9 Å². The fraction of sp³-hybridized carbons (Fsp3) is 0. The Balaban J connectivity index is 1.49. The number of nitrogens with zero attached hydrogens (tertiary/aromatic N) is 3. The van der Waals surface area contributed by atoms with Crippen LogP contribution in [0.2, 0.25) is 0 Å². The first-order valence-corrected chi connectivity index (χ1v) is 12.8. The van der Waals surface area contributed by atoms with Crippen LogP contribution in [0.25, 0.3) is 71.5 Å². The Labute approximate surface area is 217 Å². The SMILES string of the molecule is c1ccc2c(c1)Oc1cccc3nc(-n4c5ccc6ccccc6c5c5c6ccccc6ccc54)nc-2c13.